The Kier molecular flexibility index (Phi) is 3.87. The summed E-state index contributed by atoms with van der Waals surface area (Å²) in [7, 11) is -3.71. The molecule has 0 radical (unpaired) electrons. The first kappa shape index (κ1) is 13.3. The lowest BCUT2D eigenvalue weighted by Crippen LogP contribution is -2.28. The van der Waals surface area contributed by atoms with Gasteiger partial charge in [0.25, 0.3) is 0 Å². The van der Waals surface area contributed by atoms with Crippen molar-refractivity contribution in [3.05, 3.63) is 24.0 Å². The number of nitrogens with two attached hydrogens (primary N) is 1. The topological polar surface area (TPSA) is 72.2 Å². The molecule has 1 saturated carbocycles. The van der Waals surface area contributed by atoms with E-state index in [9.17, 15) is 12.8 Å². The average molecular weight is 272 g/mol. The summed E-state index contributed by atoms with van der Waals surface area (Å²) in [6.07, 6.45) is 4.40. The standard InChI is InChI=1S/C12H17FN2O2S/c13-10-5-2-6-11(12(10)14)18(16,17)15-8-7-9-3-1-4-9/h2,5-6,9,15H,1,3-4,7-8,14H2. The molecule has 0 aromatic heterocycles. The van der Waals surface area contributed by atoms with Gasteiger partial charge in [-0.3, -0.25) is 0 Å². The number of rotatable bonds is 5. The molecule has 1 aliphatic rings. The van der Waals surface area contributed by atoms with Crippen molar-refractivity contribution in [1.82, 2.24) is 4.72 Å². The summed E-state index contributed by atoms with van der Waals surface area (Å²) in [6.45, 7) is 0.378. The zero-order valence-electron chi connectivity index (χ0n) is 10.0. The second-order valence-electron chi connectivity index (χ2n) is 4.64. The van der Waals surface area contributed by atoms with Crippen molar-refractivity contribution < 1.29 is 12.8 Å². The van der Waals surface area contributed by atoms with Gasteiger partial charge in [-0.1, -0.05) is 25.3 Å². The second kappa shape index (κ2) is 5.24. The number of para-hydroxylation sites is 1. The van der Waals surface area contributed by atoms with Gasteiger partial charge in [0.15, 0.2) is 0 Å². The number of nitrogen functional groups attached to an aromatic ring is 1. The molecule has 3 N–H and O–H groups in total. The van der Waals surface area contributed by atoms with Crippen molar-refractivity contribution in [1.29, 1.82) is 0 Å². The smallest absolute Gasteiger partial charge is 0.242 e. The molecule has 4 nitrogen and oxygen atoms in total. The molecule has 0 spiro atoms. The van der Waals surface area contributed by atoms with Crippen LogP contribution in [0.5, 0.6) is 0 Å². The van der Waals surface area contributed by atoms with Crippen molar-refractivity contribution in [3.63, 3.8) is 0 Å². The van der Waals surface area contributed by atoms with Crippen LogP contribution < -0.4 is 10.5 Å². The Labute approximate surface area is 106 Å². The van der Waals surface area contributed by atoms with Crippen LogP contribution in [0.2, 0.25) is 0 Å². The van der Waals surface area contributed by atoms with Crippen LogP contribution in [0.4, 0.5) is 10.1 Å². The Balaban J connectivity index is 2.02. The minimum atomic E-state index is -3.71. The lowest BCUT2D eigenvalue weighted by molar-refractivity contribution is 0.297. The summed E-state index contributed by atoms with van der Waals surface area (Å²) in [4.78, 5) is -0.184. The van der Waals surface area contributed by atoms with Crippen molar-refractivity contribution in [3.8, 4) is 0 Å². The molecule has 1 aliphatic carbocycles. The van der Waals surface area contributed by atoms with Crippen molar-refractivity contribution in [2.45, 2.75) is 30.6 Å². The highest BCUT2D eigenvalue weighted by Crippen LogP contribution is 2.29. The molecule has 1 aromatic rings. The summed E-state index contributed by atoms with van der Waals surface area (Å²) < 4.78 is 39.5. The van der Waals surface area contributed by atoms with Gasteiger partial charge in [0, 0.05) is 6.54 Å². The van der Waals surface area contributed by atoms with Gasteiger partial charge >= 0.3 is 0 Å². The molecule has 0 unspecified atom stereocenters. The Morgan fingerprint density at radius 2 is 2.11 bits per heavy atom. The minimum Gasteiger partial charge on any atom is -0.395 e. The summed E-state index contributed by atoms with van der Waals surface area (Å²) in [6, 6.07) is 3.79. The number of nitrogens with one attached hydrogen (secondary N) is 1. The van der Waals surface area contributed by atoms with Gasteiger partial charge in [-0.05, 0) is 24.5 Å². The van der Waals surface area contributed by atoms with Crippen LogP contribution in [0.15, 0.2) is 23.1 Å². The summed E-state index contributed by atoms with van der Waals surface area (Å²) in [5.74, 6) is -0.0885. The van der Waals surface area contributed by atoms with Gasteiger partial charge in [-0.15, -0.1) is 0 Å². The van der Waals surface area contributed by atoms with E-state index in [2.05, 4.69) is 4.72 Å². The van der Waals surface area contributed by atoms with Gasteiger partial charge in [0.1, 0.15) is 10.7 Å². The number of halogens is 1. The van der Waals surface area contributed by atoms with Crippen LogP contribution in [0, 0.1) is 11.7 Å². The molecule has 1 aromatic carbocycles. The van der Waals surface area contributed by atoms with Gasteiger partial charge in [-0.25, -0.2) is 17.5 Å². The lowest BCUT2D eigenvalue weighted by Gasteiger charge is -2.25. The third-order valence-corrected chi connectivity index (χ3v) is 4.89. The van der Waals surface area contributed by atoms with E-state index in [1.54, 1.807) is 0 Å². The maximum atomic E-state index is 13.2. The molecule has 0 bridgehead atoms. The summed E-state index contributed by atoms with van der Waals surface area (Å²) in [5.41, 5.74) is 5.12. The van der Waals surface area contributed by atoms with E-state index in [1.807, 2.05) is 0 Å². The van der Waals surface area contributed by atoms with E-state index in [0.717, 1.165) is 12.5 Å². The quantitative estimate of drug-likeness (QED) is 0.804. The SMILES string of the molecule is Nc1c(F)cccc1S(=O)(=O)NCCC1CCC1. The highest BCUT2D eigenvalue weighted by molar-refractivity contribution is 7.89. The zero-order chi connectivity index (χ0) is 13.2. The summed E-state index contributed by atoms with van der Waals surface area (Å²) >= 11 is 0. The Hall–Kier alpha value is -1.14. The third kappa shape index (κ3) is 2.81. The molecule has 0 atom stereocenters. The number of hydrogen-bond acceptors (Lipinski definition) is 3. The second-order valence-corrected chi connectivity index (χ2v) is 6.37. The first-order valence-electron chi connectivity index (χ1n) is 6.04. The molecular weight excluding hydrogens is 255 g/mol. The minimum absolute atomic E-state index is 0.184. The number of anilines is 1. The maximum absolute atomic E-state index is 13.2. The predicted molar refractivity (Wildman–Crippen MR) is 68.0 cm³/mol. The fourth-order valence-corrected chi connectivity index (χ4v) is 3.20. The van der Waals surface area contributed by atoms with Crippen LogP contribution in [0.3, 0.4) is 0 Å². The van der Waals surface area contributed by atoms with Crippen LogP contribution in [0.1, 0.15) is 25.7 Å². The Bertz CT molecular complexity index is 527. The van der Waals surface area contributed by atoms with E-state index in [1.165, 1.54) is 31.4 Å². The molecule has 0 amide bonds. The van der Waals surface area contributed by atoms with Gasteiger partial charge in [0.2, 0.25) is 10.0 Å². The zero-order valence-corrected chi connectivity index (χ0v) is 10.8. The van der Waals surface area contributed by atoms with E-state index < -0.39 is 15.8 Å². The maximum Gasteiger partial charge on any atom is 0.242 e. The molecule has 100 valence electrons. The van der Waals surface area contributed by atoms with E-state index in [0.29, 0.717) is 12.5 Å². The fourth-order valence-electron chi connectivity index (χ4n) is 2.01. The molecule has 18 heavy (non-hydrogen) atoms. The number of sulfonamides is 1. The lowest BCUT2D eigenvalue weighted by atomic mass is 9.83. The highest BCUT2D eigenvalue weighted by atomic mass is 32.2. The van der Waals surface area contributed by atoms with Gasteiger partial charge in [0.05, 0.1) is 5.69 Å². The molecule has 0 heterocycles. The molecule has 0 saturated heterocycles. The van der Waals surface area contributed by atoms with E-state index >= 15 is 0 Å². The van der Waals surface area contributed by atoms with Crippen molar-refractivity contribution >= 4 is 15.7 Å². The van der Waals surface area contributed by atoms with E-state index in [4.69, 9.17) is 5.73 Å². The predicted octanol–water partition coefficient (Wildman–Crippen LogP) is 1.88. The monoisotopic (exact) mass is 272 g/mol. The fraction of sp³-hybridized carbons (Fsp3) is 0.500. The number of benzene rings is 1. The molecule has 6 heteroatoms. The highest BCUT2D eigenvalue weighted by Gasteiger charge is 2.21. The van der Waals surface area contributed by atoms with Crippen LogP contribution in [-0.2, 0) is 10.0 Å². The summed E-state index contributed by atoms with van der Waals surface area (Å²) in [5, 5.41) is 0. The molecule has 0 aliphatic heterocycles. The Morgan fingerprint density at radius 3 is 2.72 bits per heavy atom. The average Bonchev–Trinajstić information content (AvgIpc) is 2.25. The largest absolute Gasteiger partial charge is 0.395 e. The first-order valence-corrected chi connectivity index (χ1v) is 7.52. The molecule has 1 fully saturated rings. The molecule has 2 rings (SSSR count). The van der Waals surface area contributed by atoms with Crippen molar-refractivity contribution in [2.75, 3.05) is 12.3 Å². The van der Waals surface area contributed by atoms with Gasteiger partial charge < -0.3 is 5.73 Å². The van der Waals surface area contributed by atoms with Gasteiger partial charge in [-0.2, -0.15) is 0 Å². The van der Waals surface area contributed by atoms with E-state index in [-0.39, 0.29) is 10.6 Å². The van der Waals surface area contributed by atoms with Crippen LogP contribution in [-0.4, -0.2) is 15.0 Å². The van der Waals surface area contributed by atoms with Crippen molar-refractivity contribution in [2.24, 2.45) is 5.92 Å². The normalized spacial score (nSPS) is 16.5. The first-order chi connectivity index (χ1) is 8.50. The number of hydrogen-bond donors (Lipinski definition) is 2. The third-order valence-electron chi connectivity index (χ3n) is 3.37. The van der Waals surface area contributed by atoms with Crippen LogP contribution >= 0.6 is 0 Å². The molecular formula is C12H17FN2O2S. The Morgan fingerprint density at radius 1 is 1.39 bits per heavy atom. The van der Waals surface area contributed by atoms with Crippen LogP contribution in [0.25, 0.3) is 0 Å².